The Balaban J connectivity index is 1.99. The summed E-state index contributed by atoms with van der Waals surface area (Å²) >= 11 is 6.45. The summed E-state index contributed by atoms with van der Waals surface area (Å²) in [5.74, 6) is 0.137. The van der Waals surface area contributed by atoms with Crippen LogP contribution < -0.4 is 9.47 Å². The second-order valence-corrected chi connectivity index (χ2v) is 9.40. The van der Waals surface area contributed by atoms with E-state index in [1.165, 1.54) is 12.1 Å². The third kappa shape index (κ3) is 5.67. The molecule has 0 saturated carbocycles. The highest BCUT2D eigenvalue weighted by Gasteiger charge is 2.13. The first-order valence-corrected chi connectivity index (χ1v) is 10.9. The predicted molar refractivity (Wildman–Crippen MR) is 112 cm³/mol. The van der Waals surface area contributed by atoms with E-state index in [4.69, 9.17) is 14.0 Å². The molecule has 0 saturated heterocycles. The van der Waals surface area contributed by atoms with E-state index in [1.807, 2.05) is 12.1 Å². The lowest BCUT2D eigenvalue weighted by Gasteiger charge is -2.10. The zero-order valence-corrected chi connectivity index (χ0v) is 19.0. The number of halogens is 3. The highest BCUT2D eigenvalue weighted by molar-refractivity contribution is 14.1. The maximum Gasteiger partial charge on any atom is 0.349 e. The van der Waals surface area contributed by atoms with E-state index < -0.39 is 16.1 Å². The Morgan fingerprint density at radius 2 is 1.58 bits per heavy atom. The van der Waals surface area contributed by atoms with Crippen molar-refractivity contribution in [1.29, 1.82) is 0 Å². The maximum atomic E-state index is 11.8. The standard InChI is InChI=1S/C14H9I3O6S/c15-8-5-11(16)14(12(17)6-8)22-7-13(18)23-9-1-3-10(4-2-9)24(19,20)21/h1-6H,7H2,(H,19,20,21). The van der Waals surface area contributed by atoms with Gasteiger partial charge in [0.15, 0.2) is 6.61 Å². The molecule has 0 amide bonds. The van der Waals surface area contributed by atoms with Gasteiger partial charge in [-0.1, -0.05) is 0 Å². The Kier molecular flexibility index (Phi) is 7.10. The summed E-state index contributed by atoms with van der Waals surface area (Å²) in [5.41, 5.74) is 0. The van der Waals surface area contributed by atoms with Gasteiger partial charge in [0.25, 0.3) is 10.1 Å². The Hall–Kier alpha value is -0.190. The maximum absolute atomic E-state index is 11.8. The Morgan fingerprint density at radius 1 is 1.04 bits per heavy atom. The monoisotopic (exact) mass is 686 g/mol. The van der Waals surface area contributed by atoms with Crippen LogP contribution in [0.15, 0.2) is 41.3 Å². The van der Waals surface area contributed by atoms with Gasteiger partial charge < -0.3 is 9.47 Å². The normalized spacial score (nSPS) is 11.2. The van der Waals surface area contributed by atoms with Crippen molar-refractivity contribution in [3.05, 3.63) is 47.1 Å². The lowest BCUT2D eigenvalue weighted by molar-refractivity contribution is -0.136. The fourth-order valence-corrected chi connectivity index (χ4v) is 6.01. The van der Waals surface area contributed by atoms with Gasteiger partial charge in [-0.2, -0.15) is 8.42 Å². The van der Waals surface area contributed by atoms with Crippen molar-refractivity contribution in [3.63, 3.8) is 0 Å². The first-order valence-electron chi connectivity index (χ1n) is 6.22. The summed E-state index contributed by atoms with van der Waals surface area (Å²) in [6.07, 6.45) is 0. The molecule has 24 heavy (non-hydrogen) atoms. The number of hydrogen-bond acceptors (Lipinski definition) is 5. The van der Waals surface area contributed by atoms with E-state index in [0.717, 1.165) is 22.8 Å². The lowest BCUT2D eigenvalue weighted by Crippen LogP contribution is -2.18. The molecule has 0 heterocycles. The largest absolute Gasteiger partial charge is 0.480 e. The third-order valence-corrected chi connectivity index (χ3v) is 5.74. The second-order valence-electron chi connectivity index (χ2n) is 4.41. The number of benzene rings is 2. The van der Waals surface area contributed by atoms with Crippen molar-refractivity contribution in [3.8, 4) is 11.5 Å². The minimum atomic E-state index is -4.27. The summed E-state index contributed by atoms with van der Waals surface area (Å²) in [7, 11) is -4.27. The van der Waals surface area contributed by atoms with Gasteiger partial charge in [-0.3, -0.25) is 4.55 Å². The summed E-state index contributed by atoms with van der Waals surface area (Å²) < 4.78 is 44.2. The van der Waals surface area contributed by atoms with Gasteiger partial charge >= 0.3 is 5.97 Å². The molecule has 0 atom stereocenters. The van der Waals surface area contributed by atoms with Crippen LogP contribution in [-0.2, 0) is 14.9 Å². The second kappa shape index (κ2) is 8.46. The lowest BCUT2D eigenvalue weighted by atomic mass is 10.3. The van der Waals surface area contributed by atoms with Gasteiger partial charge in [-0.25, -0.2) is 4.79 Å². The SMILES string of the molecule is O=C(COc1c(I)cc(I)cc1I)Oc1ccc(S(=O)(=O)O)cc1. The van der Waals surface area contributed by atoms with Crippen LogP contribution in [0.5, 0.6) is 11.5 Å². The molecule has 0 bridgehead atoms. The van der Waals surface area contributed by atoms with Crippen molar-refractivity contribution in [1.82, 2.24) is 0 Å². The average Bonchev–Trinajstić information content (AvgIpc) is 2.45. The van der Waals surface area contributed by atoms with Crippen LogP contribution >= 0.6 is 67.8 Å². The molecule has 0 spiro atoms. The topological polar surface area (TPSA) is 89.9 Å². The van der Waals surface area contributed by atoms with Crippen LogP contribution in [-0.4, -0.2) is 25.5 Å². The van der Waals surface area contributed by atoms with E-state index in [9.17, 15) is 13.2 Å². The molecule has 2 aromatic rings. The van der Waals surface area contributed by atoms with Crippen molar-refractivity contribution < 1.29 is 27.2 Å². The molecule has 0 aliphatic carbocycles. The fraction of sp³-hybridized carbons (Fsp3) is 0.0714. The molecule has 0 fully saturated rings. The molecule has 0 unspecified atom stereocenters. The molecule has 6 nitrogen and oxygen atoms in total. The minimum absolute atomic E-state index is 0.156. The molecule has 1 N–H and O–H groups in total. The van der Waals surface area contributed by atoms with Crippen LogP contribution in [0.25, 0.3) is 0 Å². The van der Waals surface area contributed by atoms with E-state index in [1.54, 1.807) is 0 Å². The predicted octanol–water partition coefficient (Wildman–Crippen LogP) is 3.73. The van der Waals surface area contributed by atoms with Crippen LogP contribution in [0.1, 0.15) is 0 Å². The molecule has 128 valence electrons. The molecule has 2 rings (SSSR count). The molecule has 0 aliphatic heterocycles. The number of esters is 1. The third-order valence-electron chi connectivity index (χ3n) is 2.65. The Bertz CT molecular complexity index is 842. The first kappa shape index (κ1) is 20.1. The van der Waals surface area contributed by atoms with Crippen molar-refractivity contribution in [2.45, 2.75) is 4.90 Å². The molecule has 2 aromatic carbocycles. The van der Waals surface area contributed by atoms with Crippen LogP contribution in [0, 0.1) is 10.7 Å². The molecule has 0 radical (unpaired) electrons. The number of carbonyl (C=O) groups is 1. The van der Waals surface area contributed by atoms with Crippen LogP contribution in [0.4, 0.5) is 0 Å². The van der Waals surface area contributed by atoms with Gasteiger partial charge in [0, 0.05) is 3.57 Å². The quantitative estimate of drug-likeness (QED) is 0.224. The Labute approximate surface area is 179 Å². The summed E-state index contributed by atoms with van der Waals surface area (Å²) in [6.45, 7) is -0.285. The highest BCUT2D eigenvalue weighted by Crippen LogP contribution is 2.29. The van der Waals surface area contributed by atoms with E-state index >= 15 is 0 Å². The van der Waals surface area contributed by atoms with Crippen molar-refractivity contribution in [2.75, 3.05) is 6.61 Å². The molecular formula is C14H9I3O6S. The van der Waals surface area contributed by atoms with Crippen LogP contribution in [0.2, 0.25) is 0 Å². The van der Waals surface area contributed by atoms with Gasteiger partial charge in [0.2, 0.25) is 0 Å². The zero-order chi connectivity index (χ0) is 17.9. The van der Waals surface area contributed by atoms with Crippen molar-refractivity contribution in [2.24, 2.45) is 0 Å². The molecule has 10 heteroatoms. The molecule has 0 aliphatic rings. The average molecular weight is 686 g/mol. The summed E-state index contributed by atoms with van der Waals surface area (Å²) in [5, 5.41) is 0. The van der Waals surface area contributed by atoms with Crippen LogP contribution in [0.3, 0.4) is 0 Å². The van der Waals surface area contributed by atoms with Gasteiger partial charge in [0.1, 0.15) is 11.5 Å². The zero-order valence-electron chi connectivity index (χ0n) is 11.7. The smallest absolute Gasteiger partial charge is 0.349 e. The van der Waals surface area contributed by atoms with E-state index in [0.29, 0.717) is 5.75 Å². The summed E-state index contributed by atoms with van der Waals surface area (Å²) in [6, 6.07) is 8.70. The van der Waals surface area contributed by atoms with E-state index in [-0.39, 0.29) is 17.3 Å². The van der Waals surface area contributed by atoms with Crippen molar-refractivity contribution >= 4 is 83.9 Å². The molecular weight excluding hydrogens is 677 g/mol. The van der Waals surface area contributed by atoms with E-state index in [2.05, 4.69) is 67.8 Å². The fourth-order valence-electron chi connectivity index (χ4n) is 1.64. The number of carbonyl (C=O) groups excluding carboxylic acids is 1. The van der Waals surface area contributed by atoms with Gasteiger partial charge in [-0.15, -0.1) is 0 Å². The highest BCUT2D eigenvalue weighted by atomic mass is 127. The van der Waals surface area contributed by atoms with Gasteiger partial charge in [-0.05, 0) is 104 Å². The minimum Gasteiger partial charge on any atom is -0.480 e. The number of rotatable bonds is 5. The molecule has 0 aromatic heterocycles. The van der Waals surface area contributed by atoms with Gasteiger partial charge in [0.05, 0.1) is 12.0 Å². The first-order chi connectivity index (χ1) is 11.2. The summed E-state index contributed by atoms with van der Waals surface area (Å²) in [4.78, 5) is 11.6. The number of hydrogen-bond donors (Lipinski definition) is 1. The Morgan fingerprint density at radius 3 is 2.08 bits per heavy atom. The number of ether oxygens (including phenoxy) is 2.